The molecule has 0 aliphatic rings. The molecule has 0 unspecified atom stereocenters. The van der Waals surface area contributed by atoms with Crippen LogP contribution in [0.4, 0.5) is 0 Å². The number of rotatable bonds is 14. The van der Waals surface area contributed by atoms with Crippen molar-refractivity contribution in [1.82, 2.24) is 14.1 Å². The monoisotopic (exact) mass is 1560 g/mol. The Labute approximate surface area is 667 Å². The van der Waals surface area contributed by atoms with Crippen molar-refractivity contribution in [2.75, 3.05) is 0 Å². The normalized spacial score (nSPS) is 16.5. The second-order valence-corrected chi connectivity index (χ2v) is 31.1. The number of para-hydroxylation sites is 1. The quantitative estimate of drug-likeness (QED) is 0.0471. The first-order valence-corrected chi connectivity index (χ1v) is 34.7. The number of pyridine rings is 1. The first-order chi connectivity index (χ1) is 63.1. The Hall–Kier alpha value is -11.0. The van der Waals surface area contributed by atoms with Crippen LogP contribution in [0.15, 0.2) is 321 Å². The van der Waals surface area contributed by atoms with Gasteiger partial charge >= 0.3 is 0 Å². The first-order valence-electron chi connectivity index (χ1n) is 49.2. The van der Waals surface area contributed by atoms with Crippen LogP contribution in [-0.4, -0.2) is 22.2 Å². The van der Waals surface area contributed by atoms with E-state index in [0.29, 0.717) is 22.5 Å². The molecule has 13 aromatic carbocycles. The van der Waals surface area contributed by atoms with Crippen LogP contribution in [0.25, 0.3) is 106 Å². The minimum atomic E-state index is -6.98. The molecule has 3 aromatic heterocycles. The average Bonchev–Trinajstić information content (AvgIpc) is 0.689. The maximum atomic E-state index is 11.1. The topological polar surface area (TPSA) is 35.9 Å². The molecule has 103 heavy (non-hydrogen) atoms. The molecule has 16 rings (SSSR count). The van der Waals surface area contributed by atoms with Crippen molar-refractivity contribution < 1.29 is 75.6 Å². The fourth-order valence-electron chi connectivity index (χ4n) is 12.8. The van der Waals surface area contributed by atoms with E-state index >= 15 is 0 Å². The van der Waals surface area contributed by atoms with E-state index in [-0.39, 0.29) is 54.7 Å². The molecule has 0 fully saturated rings. The van der Waals surface area contributed by atoms with Crippen LogP contribution in [0.3, 0.4) is 0 Å². The summed E-state index contributed by atoms with van der Waals surface area (Å²) in [7, 11) is -6.98. The number of benzene rings is 13. The molecule has 16 aromatic rings. The molecular formula is C96H80N4OPtSi-2. The van der Waals surface area contributed by atoms with Gasteiger partial charge in [-0.1, -0.05) is 304 Å². The van der Waals surface area contributed by atoms with E-state index in [2.05, 4.69) is 45.3 Å². The Morgan fingerprint density at radius 2 is 0.932 bits per heavy atom. The van der Waals surface area contributed by atoms with Crippen LogP contribution in [0.5, 0.6) is 11.5 Å². The van der Waals surface area contributed by atoms with E-state index in [0.717, 1.165) is 49.7 Å². The molecule has 5 nitrogen and oxygen atoms in total. The van der Waals surface area contributed by atoms with Crippen LogP contribution in [0.2, 0.25) is 0 Å². The van der Waals surface area contributed by atoms with E-state index in [4.69, 9.17) is 13.8 Å². The zero-order valence-corrected chi connectivity index (χ0v) is 60.3. The van der Waals surface area contributed by atoms with Gasteiger partial charge in [-0.15, -0.1) is 29.7 Å². The third-order valence-electron chi connectivity index (χ3n) is 17.9. The van der Waals surface area contributed by atoms with E-state index in [1.807, 2.05) is 101 Å². The van der Waals surface area contributed by atoms with Gasteiger partial charge in [-0.2, -0.15) is 18.2 Å². The number of hydrogen-bond donors (Lipinski definition) is 0. The Morgan fingerprint density at radius 3 is 1.50 bits per heavy atom. The first kappa shape index (κ1) is 39.4. The third kappa shape index (κ3) is 12.9. The van der Waals surface area contributed by atoms with Gasteiger partial charge in [0.25, 0.3) is 6.33 Å². The molecule has 0 amide bonds. The summed E-state index contributed by atoms with van der Waals surface area (Å²) in [5.41, 5.74) is -5.08. The summed E-state index contributed by atoms with van der Waals surface area (Å²) < 4.78 is 335. The largest absolute Gasteiger partial charge is 0.510 e. The van der Waals surface area contributed by atoms with Crippen molar-refractivity contribution >= 4 is 61.7 Å². The Bertz CT molecular complexity index is 7440. The summed E-state index contributed by atoms with van der Waals surface area (Å²) in [6, 6.07) is 0.305. The van der Waals surface area contributed by atoms with Gasteiger partial charge in [0.1, 0.15) is 5.82 Å². The fraction of sp³-hybridized carbons (Fsp3) is 0.125. The van der Waals surface area contributed by atoms with Crippen molar-refractivity contribution in [2.45, 2.75) is 78.6 Å². The van der Waals surface area contributed by atoms with Gasteiger partial charge in [-0.25, -0.2) is 4.98 Å². The molecule has 0 N–H and O–H groups in total. The number of aromatic nitrogens is 4. The molecule has 3 heterocycles. The molecule has 0 aliphatic heterocycles. The molecule has 506 valence electrons. The summed E-state index contributed by atoms with van der Waals surface area (Å²) in [5.74, 6) is 0.694. The maximum Gasteiger partial charge on any atom is 0.268 e. The standard InChI is InChI=1S/C96H80N4OSi.Pt/c1-94(2,3)75-51-52-97-92(62-75)100-87-46-29-28-45-84(87)85-49-48-80(64-89(85)100)101-79-38-30-37-78(63-79)98-65-99(88-50-47-69(59-90(88)98)72-56-76(95(4,5)6)61-77(57-72)96(7,8)9)93-86(74-54-70(66-31-16-10-17-32-66)53-71(55-74)67-33-18-11-19-34-67)58-73(68-35-20-12-21-36-68)60-91(93)102(81-39-22-13-23-40-81,82-41-24-14-25-42-82)83-43-26-15-27-44-83;/h10-62H,1-9H3;/q-2;/i10D,11D,12D,13D,14D,15D,16D,17D,18D,19D,20D,21D,22D,23D,24D,25D,26D,27D,31D,32D,33D,34D,35D,36D,39D,40D,41D,42D,43D,44D,53D,54D,55D;. The summed E-state index contributed by atoms with van der Waals surface area (Å²) in [6.07, 6.45) is 5.14. The molecule has 0 spiro atoms. The predicted molar refractivity (Wildman–Crippen MR) is 427 cm³/mol. The molecule has 0 saturated heterocycles. The summed E-state index contributed by atoms with van der Waals surface area (Å²) in [4.78, 5) is 4.86. The Morgan fingerprint density at radius 1 is 0.417 bits per heavy atom. The van der Waals surface area contributed by atoms with Gasteiger partial charge in [-0.05, 0) is 169 Å². The number of nitrogens with zero attached hydrogens (tertiary/aromatic N) is 4. The fourth-order valence-corrected chi connectivity index (χ4v) is 16.8. The zero-order chi connectivity index (χ0) is 98.6. The number of fused-ring (bicyclic) bond motifs is 4. The van der Waals surface area contributed by atoms with Gasteiger partial charge in [0.2, 0.25) is 0 Å². The van der Waals surface area contributed by atoms with Gasteiger partial charge in [0, 0.05) is 44.3 Å². The second kappa shape index (κ2) is 27.4. The SMILES string of the molecule is [2H]c1c([2H])c([2H])c(-c2cc(-c3c([2H])c(-c4c([2H])c([2H])c([2H])c([2H])c4[2H])c([2H])c(-c4c([2H])c([2H])c([2H])c([2H])c4[2H])c3[2H])c(-[n+]3[c-]n(-c4[c-]c(Oc5[c-]c6c(cc5)c5ccccc5n6-c5cc(C(C)(C)C)ccn5)ccc4)c4cc(-c5cc(C(C)(C)C)cc(C(C)(C)C)c5)ccc43)c([Si](c3c([2H])c([2H])c([2H])c([2H])c3[2H])(c3c([2H])c([2H])c([2H])c([2H])c3[2H])c3c([2H])c([2H])c([2H])c([2H])c3[2H])c2)c([2H])c1[2H].[Pt]. The third-order valence-corrected chi connectivity index (χ3v) is 22.1. The number of imidazole rings is 1. The smallest absolute Gasteiger partial charge is 0.268 e. The molecule has 0 radical (unpaired) electrons. The number of hydrogen-bond acceptors (Lipinski definition) is 2. The van der Waals surface area contributed by atoms with E-state index in [1.165, 1.54) is 10.6 Å². The van der Waals surface area contributed by atoms with Gasteiger partial charge in [0.05, 0.1) is 62.0 Å². The second-order valence-electron chi connectivity index (χ2n) is 27.5. The van der Waals surface area contributed by atoms with Crippen LogP contribution in [-0.2, 0) is 37.3 Å². The zero-order valence-electron chi connectivity index (χ0n) is 90.1. The van der Waals surface area contributed by atoms with Crippen LogP contribution in [0.1, 0.15) is 124 Å². The molecule has 0 saturated carbocycles. The van der Waals surface area contributed by atoms with Crippen molar-refractivity contribution in [2.24, 2.45) is 0 Å². The van der Waals surface area contributed by atoms with Crippen molar-refractivity contribution in [3.8, 4) is 84.3 Å². The summed E-state index contributed by atoms with van der Waals surface area (Å²) in [6.45, 7) is 18.4. The van der Waals surface area contributed by atoms with Crippen LogP contribution >= 0.6 is 0 Å². The molecule has 0 atom stereocenters. The van der Waals surface area contributed by atoms with Crippen LogP contribution < -0.4 is 30.1 Å². The van der Waals surface area contributed by atoms with Gasteiger partial charge in [-0.3, -0.25) is 4.57 Å². The van der Waals surface area contributed by atoms with Gasteiger partial charge in [0.15, 0.2) is 8.07 Å². The Kier molecular flexibility index (Phi) is 10.5. The summed E-state index contributed by atoms with van der Waals surface area (Å²) >= 11 is 0. The predicted octanol–water partition coefficient (Wildman–Crippen LogP) is 21.2. The van der Waals surface area contributed by atoms with Gasteiger partial charge < -0.3 is 13.9 Å². The van der Waals surface area contributed by atoms with E-state index in [9.17, 15) is 41.1 Å². The Balaban J connectivity index is 0.0000141. The van der Waals surface area contributed by atoms with Crippen molar-refractivity contribution in [3.63, 3.8) is 0 Å². The maximum absolute atomic E-state index is 11.1. The molecule has 0 bridgehead atoms. The minimum absolute atomic E-state index is 0. The molecular weight excluding hydrogens is 1450 g/mol. The van der Waals surface area contributed by atoms with Crippen LogP contribution in [0, 0.1) is 18.5 Å². The summed E-state index contributed by atoms with van der Waals surface area (Å²) in [5, 5.41) is -2.88. The molecule has 0 aliphatic carbocycles. The number of ether oxygens (including phenoxy) is 1. The van der Waals surface area contributed by atoms with Crippen molar-refractivity contribution in [1.29, 1.82) is 0 Å². The minimum Gasteiger partial charge on any atom is -0.510 e. The van der Waals surface area contributed by atoms with Crippen molar-refractivity contribution in [3.05, 3.63) is 356 Å². The van der Waals surface area contributed by atoms with E-state index < -0.39 is 289 Å². The average molecular weight is 1560 g/mol. The molecule has 7 heteroatoms. The van der Waals surface area contributed by atoms with E-state index in [1.54, 1.807) is 42.6 Å².